The Labute approximate surface area is 178 Å². The Morgan fingerprint density at radius 3 is 2.63 bits per heavy atom. The lowest BCUT2D eigenvalue weighted by molar-refractivity contribution is 0.222. The second-order valence-corrected chi connectivity index (χ2v) is 9.99. The fourth-order valence-corrected chi connectivity index (χ4v) is 5.04. The topological polar surface area (TPSA) is 81.2 Å². The highest BCUT2D eigenvalue weighted by atomic mass is 32.2. The minimum atomic E-state index is -3.52. The highest BCUT2D eigenvalue weighted by Gasteiger charge is 2.28. The first-order chi connectivity index (χ1) is 14.4. The fourth-order valence-electron chi connectivity index (χ4n) is 4.13. The first-order valence-electron chi connectivity index (χ1n) is 10.3. The lowest BCUT2D eigenvalue weighted by atomic mass is 10.0. The Balaban J connectivity index is 1.63. The molecule has 0 bridgehead atoms. The number of aromatic nitrogens is 2. The van der Waals surface area contributed by atoms with E-state index in [4.69, 9.17) is 10.2 Å². The van der Waals surface area contributed by atoms with Gasteiger partial charge in [-0.25, -0.2) is 13.6 Å². The molecule has 1 aliphatic rings. The van der Waals surface area contributed by atoms with Crippen LogP contribution in [0.15, 0.2) is 60.8 Å². The number of nitrogens with two attached hydrogens (primary N) is 1. The fraction of sp³-hybridized carbons (Fsp3) is 0.348. The molecular formula is C23H28N4O2S. The van der Waals surface area contributed by atoms with Gasteiger partial charge in [0.25, 0.3) is 0 Å². The van der Waals surface area contributed by atoms with Gasteiger partial charge in [-0.3, -0.25) is 9.58 Å². The summed E-state index contributed by atoms with van der Waals surface area (Å²) >= 11 is 0. The predicted molar refractivity (Wildman–Crippen MR) is 119 cm³/mol. The Hall–Kier alpha value is -2.48. The van der Waals surface area contributed by atoms with E-state index in [9.17, 15) is 8.42 Å². The van der Waals surface area contributed by atoms with Crippen LogP contribution in [0.1, 0.15) is 29.5 Å². The molecule has 4 rings (SSSR count). The number of hydrogen-bond donors (Lipinski definition) is 1. The van der Waals surface area contributed by atoms with Crippen LogP contribution in [0.3, 0.4) is 0 Å². The summed E-state index contributed by atoms with van der Waals surface area (Å²) in [6.45, 7) is 4.76. The molecule has 0 spiro atoms. The number of sulfonamides is 1. The molecule has 2 aromatic carbocycles. The van der Waals surface area contributed by atoms with Crippen molar-refractivity contribution >= 4 is 10.0 Å². The average Bonchev–Trinajstić information content (AvgIpc) is 3.10. The molecule has 2 N–H and O–H groups in total. The predicted octanol–water partition coefficient (Wildman–Crippen LogP) is 3.16. The van der Waals surface area contributed by atoms with Gasteiger partial charge in [-0.1, -0.05) is 54.1 Å². The lowest BCUT2D eigenvalue weighted by Gasteiger charge is -2.31. The van der Waals surface area contributed by atoms with E-state index in [1.807, 2.05) is 28.9 Å². The number of aryl methyl sites for hydroxylation is 1. The maximum absolute atomic E-state index is 11.9. The molecule has 3 aromatic rings. The van der Waals surface area contributed by atoms with Gasteiger partial charge in [-0.15, -0.1) is 0 Å². The Morgan fingerprint density at radius 2 is 1.90 bits per heavy atom. The third kappa shape index (κ3) is 4.98. The summed E-state index contributed by atoms with van der Waals surface area (Å²) in [6.07, 6.45) is 3.55. The summed E-state index contributed by atoms with van der Waals surface area (Å²) in [5.41, 5.74) is 5.51. The van der Waals surface area contributed by atoms with Crippen LogP contribution < -0.4 is 5.14 Å². The third-order valence-corrected chi connectivity index (χ3v) is 6.95. The van der Waals surface area contributed by atoms with E-state index in [1.165, 1.54) is 11.1 Å². The van der Waals surface area contributed by atoms with Crippen molar-refractivity contribution < 1.29 is 8.42 Å². The van der Waals surface area contributed by atoms with Gasteiger partial charge < -0.3 is 0 Å². The largest absolute Gasteiger partial charge is 0.298 e. The van der Waals surface area contributed by atoms with Crippen molar-refractivity contribution in [2.75, 3.05) is 13.1 Å². The molecule has 1 atom stereocenters. The van der Waals surface area contributed by atoms with Gasteiger partial charge in [0.15, 0.2) is 0 Å². The van der Waals surface area contributed by atoms with Crippen molar-refractivity contribution in [3.63, 3.8) is 0 Å². The normalized spacial score (nSPS) is 17.9. The molecular weight excluding hydrogens is 396 g/mol. The highest BCUT2D eigenvalue weighted by Crippen LogP contribution is 2.26. The number of hydrogen-bond acceptors (Lipinski definition) is 4. The average molecular weight is 425 g/mol. The molecule has 0 aliphatic carbocycles. The van der Waals surface area contributed by atoms with E-state index in [2.05, 4.69) is 48.4 Å². The summed E-state index contributed by atoms with van der Waals surface area (Å²) < 4.78 is 25.7. The Morgan fingerprint density at radius 1 is 1.10 bits per heavy atom. The molecule has 1 unspecified atom stereocenters. The van der Waals surface area contributed by atoms with Crippen LogP contribution in [0, 0.1) is 6.92 Å². The first kappa shape index (κ1) is 20.8. The quantitative estimate of drug-likeness (QED) is 0.659. The first-order valence-corrected chi connectivity index (χ1v) is 11.9. The zero-order valence-electron chi connectivity index (χ0n) is 17.2. The van der Waals surface area contributed by atoms with Gasteiger partial charge in [0, 0.05) is 30.4 Å². The molecule has 1 aromatic heterocycles. The van der Waals surface area contributed by atoms with E-state index in [-0.39, 0.29) is 0 Å². The van der Waals surface area contributed by atoms with Crippen molar-refractivity contribution in [3.8, 4) is 11.3 Å². The Kier molecular flexibility index (Phi) is 6.04. The van der Waals surface area contributed by atoms with E-state index in [1.54, 1.807) is 0 Å². The number of nitrogens with zero attached hydrogens (tertiary/aromatic N) is 3. The minimum absolute atomic E-state index is 0.468. The van der Waals surface area contributed by atoms with Crippen molar-refractivity contribution in [3.05, 3.63) is 77.5 Å². The van der Waals surface area contributed by atoms with Gasteiger partial charge in [-0.2, -0.15) is 5.10 Å². The van der Waals surface area contributed by atoms with Crippen molar-refractivity contribution in [1.82, 2.24) is 14.7 Å². The van der Waals surface area contributed by atoms with Gasteiger partial charge in [0.1, 0.15) is 0 Å². The second-order valence-electron chi connectivity index (χ2n) is 8.14. The van der Waals surface area contributed by atoms with Crippen LogP contribution >= 0.6 is 0 Å². The number of rotatable bonds is 6. The Bertz CT molecular complexity index is 1110. The molecule has 0 amide bonds. The van der Waals surface area contributed by atoms with Crippen molar-refractivity contribution in [1.29, 1.82) is 0 Å². The highest BCUT2D eigenvalue weighted by molar-refractivity contribution is 7.89. The SMILES string of the molecule is Cc1cccc(-c2nn(Cc3ccccc3)cc2CN2CCCC(S(N)(=O)=O)C2)c1. The monoisotopic (exact) mass is 424 g/mol. The summed E-state index contributed by atoms with van der Waals surface area (Å²) in [5, 5.41) is 9.83. The van der Waals surface area contributed by atoms with Crippen LogP contribution in [-0.4, -0.2) is 41.4 Å². The molecule has 1 aliphatic heterocycles. The maximum Gasteiger partial charge on any atom is 0.213 e. The molecule has 1 saturated heterocycles. The van der Waals surface area contributed by atoms with Crippen LogP contribution in [0.4, 0.5) is 0 Å². The van der Waals surface area contributed by atoms with Crippen molar-refractivity contribution in [2.24, 2.45) is 5.14 Å². The lowest BCUT2D eigenvalue weighted by Crippen LogP contribution is -2.44. The molecule has 30 heavy (non-hydrogen) atoms. The number of benzene rings is 2. The van der Waals surface area contributed by atoms with E-state index < -0.39 is 15.3 Å². The number of piperidine rings is 1. The molecule has 6 nitrogen and oxygen atoms in total. The van der Waals surface area contributed by atoms with Gasteiger partial charge in [0.2, 0.25) is 10.0 Å². The van der Waals surface area contributed by atoms with Gasteiger partial charge >= 0.3 is 0 Å². The molecule has 2 heterocycles. The summed E-state index contributed by atoms with van der Waals surface area (Å²) in [4.78, 5) is 2.18. The maximum atomic E-state index is 11.9. The standard InChI is InChI=1S/C23H28N4O2S/c1-18-7-5-10-20(13-18)23-21(15-26-12-6-11-22(17-26)30(24,28)29)16-27(25-23)14-19-8-3-2-4-9-19/h2-5,7-10,13,16,22H,6,11-12,14-15,17H2,1H3,(H2,24,28,29). The molecule has 1 fully saturated rings. The number of likely N-dealkylation sites (tertiary alicyclic amines) is 1. The van der Waals surface area contributed by atoms with Crippen molar-refractivity contribution in [2.45, 2.75) is 38.1 Å². The van der Waals surface area contributed by atoms with Gasteiger partial charge in [-0.05, 0) is 37.9 Å². The van der Waals surface area contributed by atoms with Gasteiger partial charge in [0.05, 0.1) is 17.5 Å². The van der Waals surface area contributed by atoms with Crippen LogP contribution in [0.25, 0.3) is 11.3 Å². The second kappa shape index (κ2) is 8.71. The van der Waals surface area contributed by atoms with Crippen LogP contribution in [-0.2, 0) is 23.1 Å². The van der Waals surface area contributed by atoms with Crippen LogP contribution in [0.2, 0.25) is 0 Å². The molecule has 158 valence electrons. The summed E-state index contributed by atoms with van der Waals surface area (Å²) in [5.74, 6) is 0. The van der Waals surface area contributed by atoms with E-state index in [0.717, 1.165) is 29.8 Å². The molecule has 0 saturated carbocycles. The van der Waals surface area contributed by atoms with Crippen LogP contribution in [0.5, 0.6) is 0 Å². The molecule has 7 heteroatoms. The zero-order valence-corrected chi connectivity index (χ0v) is 18.1. The smallest absolute Gasteiger partial charge is 0.213 e. The summed E-state index contributed by atoms with van der Waals surface area (Å²) in [6, 6.07) is 18.6. The number of primary sulfonamides is 1. The summed E-state index contributed by atoms with van der Waals surface area (Å²) in [7, 11) is -3.52. The third-order valence-electron chi connectivity index (χ3n) is 5.64. The minimum Gasteiger partial charge on any atom is -0.298 e. The zero-order chi connectivity index (χ0) is 21.1. The van der Waals surface area contributed by atoms with E-state index in [0.29, 0.717) is 26.1 Å². The molecule has 0 radical (unpaired) electrons. The van der Waals surface area contributed by atoms with E-state index >= 15 is 0 Å².